The highest BCUT2D eigenvalue weighted by Gasteiger charge is 2.04. The number of nitrogen functional groups attached to an aromatic ring is 1. The molecule has 154 valence electrons. The maximum atomic E-state index is 11.5. The van der Waals surface area contributed by atoms with Crippen molar-refractivity contribution in [2.45, 2.75) is 96.8 Å². The Hall–Kier alpha value is -1.55. The zero-order valence-corrected chi connectivity index (χ0v) is 17.3. The van der Waals surface area contributed by atoms with Crippen LogP contribution in [0, 0.1) is 0 Å². The summed E-state index contributed by atoms with van der Waals surface area (Å²) in [7, 11) is 0. The molecule has 4 heteroatoms. The summed E-state index contributed by atoms with van der Waals surface area (Å²) in [5.74, 6) is 5.58. The summed E-state index contributed by atoms with van der Waals surface area (Å²) < 4.78 is 5.73. The zero-order valence-electron chi connectivity index (χ0n) is 17.3. The lowest BCUT2D eigenvalue weighted by molar-refractivity contribution is 0.0953. The Bertz CT molecular complexity index is 491. The van der Waals surface area contributed by atoms with E-state index in [9.17, 15) is 4.79 Å². The van der Waals surface area contributed by atoms with Gasteiger partial charge in [-0.05, 0) is 24.6 Å². The van der Waals surface area contributed by atoms with Crippen molar-refractivity contribution in [2.75, 3.05) is 6.61 Å². The van der Waals surface area contributed by atoms with E-state index in [2.05, 4.69) is 12.3 Å². The van der Waals surface area contributed by atoms with Gasteiger partial charge in [0, 0.05) is 5.56 Å². The number of carbonyl (C=O) groups excluding carboxylic acids is 1. The summed E-state index contributed by atoms with van der Waals surface area (Å²) in [5, 5.41) is 0. The molecular formula is C23H40N2O2. The maximum absolute atomic E-state index is 11.5. The van der Waals surface area contributed by atoms with Gasteiger partial charge in [0.25, 0.3) is 5.91 Å². The second-order valence-electron chi connectivity index (χ2n) is 7.45. The van der Waals surface area contributed by atoms with E-state index in [1.165, 1.54) is 83.5 Å². The smallest absolute Gasteiger partial charge is 0.265 e. The molecule has 0 saturated heterocycles. The number of nitrogens with one attached hydrogen (secondary N) is 1. The van der Waals surface area contributed by atoms with Gasteiger partial charge in [-0.2, -0.15) is 0 Å². The third-order valence-electron chi connectivity index (χ3n) is 4.99. The van der Waals surface area contributed by atoms with Gasteiger partial charge in [0.2, 0.25) is 0 Å². The molecule has 0 aliphatic rings. The summed E-state index contributed by atoms with van der Waals surface area (Å²) in [4.78, 5) is 11.5. The first kappa shape index (κ1) is 23.5. The van der Waals surface area contributed by atoms with Crippen molar-refractivity contribution < 1.29 is 9.53 Å². The van der Waals surface area contributed by atoms with Gasteiger partial charge in [-0.15, -0.1) is 0 Å². The first-order valence-corrected chi connectivity index (χ1v) is 11.0. The van der Waals surface area contributed by atoms with Crippen LogP contribution in [0.2, 0.25) is 0 Å². The van der Waals surface area contributed by atoms with Crippen LogP contribution in [0.4, 0.5) is 0 Å². The van der Waals surface area contributed by atoms with E-state index < -0.39 is 0 Å². The number of rotatable bonds is 17. The number of amides is 1. The van der Waals surface area contributed by atoms with E-state index in [-0.39, 0.29) is 5.91 Å². The number of carbonyl (C=O) groups is 1. The number of ether oxygens (including phenoxy) is 1. The molecule has 0 saturated carbocycles. The van der Waals surface area contributed by atoms with Gasteiger partial charge in [0.05, 0.1) is 6.61 Å². The number of nitrogens with two attached hydrogens (primary N) is 1. The summed E-state index contributed by atoms with van der Waals surface area (Å²) in [6.45, 7) is 2.97. The van der Waals surface area contributed by atoms with Crippen LogP contribution >= 0.6 is 0 Å². The van der Waals surface area contributed by atoms with Crippen molar-refractivity contribution in [3.8, 4) is 5.75 Å². The largest absolute Gasteiger partial charge is 0.494 e. The van der Waals surface area contributed by atoms with E-state index in [0.717, 1.165) is 12.2 Å². The molecule has 0 bridgehead atoms. The first-order chi connectivity index (χ1) is 13.3. The number of unbranched alkanes of at least 4 members (excludes halogenated alkanes) is 13. The number of hydrazine groups is 1. The fourth-order valence-corrected chi connectivity index (χ4v) is 3.30. The summed E-state index contributed by atoms with van der Waals surface area (Å²) in [6.07, 6.45) is 18.9. The molecule has 0 aromatic heterocycles. The van der Waals surface area contributed by atoms with Crippen LogP contribution in [-0.2, 0) is 0 Å². The molecule has 1 aromatic rings. The molecule has 0 unspecified atom stereocenters. The van der Waals surface area contributed by atoms with E-state index in [1.54, 1.807) is 12.1 Å². The molecule has 0 spiro atoms. The highest BCUT2D eigenvalue weighted by Crippen LogP contribution is 2.15. The molecular weight excluding hydrogens is 336 g/mol. The van der Waals surface area contributed by atoms with Crippen LogP contribution in [0.15, 0.2) is 24.3 Å². The SMILES string of the molecule is CCCCCCCCCCCCCCCCOc1cccc(C(=O)NN)c1. The van der Waals surface area contributed by atoms with Crippen molar-refractivity contribution in [1.82, 2.24) is 5.43 Å². The van der Waals surface area contributed by atoms with Crippen molar-refractivity contribution in [3.63, 3.8) is 0 Å². The van der Waals surface area contributed by atoms with Gasteiger partial charge in [-0.25, -0.2) is 5.84 Å². The zero-order chi connectivity index (χ0) is 19.6. The number of hydrogen-bond acceptors (Lipinski definition) is 3. The van der Waals surface area contributed by atoms with E-state index in [4.69, 9.17) is 10.6 Å². The lowest BCUT2D eigenvalue weighted by atomic mass is 10.0. The Morgan fingerprint density at radius 1 is 0.852 bits per heavy atom. The Morgan fingerprint density at radius 3 is 1.89 bits per heavy atom. The molecule has 0 fully saturated rings. The molecule has 27 heavy (non-hydrogen) atoms. The second-order valence-corrected chi connectivity index (χ2v) is 7.45. The standard InChI is InChI=1S/C23H40N2O2/c1-2-3-4-5-6-7-8-9-10-11-12-13-14-15-19-27-22-18-16-17-21(20-22)23(26)25-24/h16-18,20H,2-15,19,24H2,1H3,(H,25,26). The minimum absolute atomic E-state index is 0.294. The van der Waals surface area contributed by atoms with Crippen LogP contribution in [0.25, 0.3) is 0 Å². The Balaban J connectivity index is 1.89. The number of benzene rings is 1. The molecule has 0 radical (unpaired) electrons. The highest BCUT2D eigenvalue weighted by molar-refractivity contribution is 5.94. The molecule has 0 aliphatic heterocycles. The maximum Gasteiger partial charge on any atom is 0.265 e. The Kier molecular flexibility index (Phi) is 14.5. The lowest BCUT2D eigenvalue weighted by Crippen LogP contribution is -2.29. The van der Waals surface area contributed by atoms with Gasteiger partial charge in [0.15, 0.2) is 0 Å². The normalized spacial score (nSPS) is 10.7. The lowest BCUT2D eigenvalue weighted by Gasteiger charge is -2.07. The minimum atomic E-state index is -0.294. The van der Waals surface area contributed by atoms with Crippen molar-refractivity contribution in [1.29, 1.82) is 0 Å². The van der Waals surface area contributed by atoms with Gasteiger partial charge < -0.3 is 4.74 Å². The van der Waals surface area contributed by atoms with Gasteiger partial charge in [0.1, 0.15) is 5.75 Å². The molecule has 4 nitrogen and oxygen atoms in total. The third kappa shape index (κ3) is 12.5. The van der Waals surface area contributed by atoms with Gasteiger partial charge in [-0.1, -0.05) is 96.5 Å². The van der Waals surface area contributed by atoms with Crippen LogP contribution < -0.4 is 16.0 Å². The molecule has 3 N–H and O–H groups in total. The van der Waals surface area contributed by atoms with Gasteiger partial charge >= 0.3 is 0 Å². The quantitative estimate of drug-likeness (QED) is 0.148. The van der Waals surface area contributed by atoms with Crippen LogP contribution in [0.3, 0.4) is 0 Å². The fourth-order valence-electron chi connectivity index (χ4n) is 3.30. The predicted octanol–water partition coefficient (Wildman–Crippen LogP) is 6.15. The molecule has 1 aromatic carbocycles. The van der Waals surface area contributed by atoms with Crippen LogP contribution in [0.1, 0.15) is 107 Å². The average Bonchev–Trinajstić information content (AvgIpc) is 2.70. The average molecular weight is 377 g/mol. The van der Waals surface area contributed by atoms with Crippen LogP contribution in [-0.4, -0.2) is 12.5 Å². The fraction of sp³-hybridized carbons (Fsp3) is 0.696. The Labute approximate surface area is 166 Å². The van der Waals surface area contributed by atoms with Gasteiger partial charge in [-0.3, -0.25) is 10.2 Å². The molecule has 0 atom stereocenters. The molecule has 1 amide bonds. The van der Waals surface area contributed by atoms with Crippen LogP contribution in [0.5, 0.6) is 5.75 Å². The summed E-state index contributed by atoms with van der Waals surface area (Å²) in [6, 6.07) is 7.13. The molecule has 1 rings (SSSR count). The third-order valence-corrected chi connectivity index (χ3v) is 4.99. The summed E-state index contributed by atoms with van der Waals surface area (Å²) in [5.41, 5.74) is 2.66. The van der Waals surface area contributed by atoms with E-state index in [0.29, 0.717) is 12.2 Å². The Morgan fingerprint density at radius 2 is 1.37 bits per heavy atom. The topological polar surface area (TPSA) is 64.3 Å². The predicted molar refractivity (Wildman–Crippen MR) is 114 cm³/mol. The molecule has 0 heterocycles. The van der Waals surface area contributed by atoms with Crippen molar-refractivity contribution in [2.24, 2.45) is 5.84 Å². The second kappa shape index (κ2) is 16.6. The van der Waals surface area contributed by atoms with Crippen molar-refractivity contribution >= 4 is 5.91 Å². The summed E-state index contributed by atoms with van der Waals surface area (Å²) >= 11 is 0. The van der Waals surface area contributed by atoms with Crippen molar-refractivity contribution in [3.05, 3.63) is 29.8 Å². The monoisotopic (exact) mass is 376 g/mol. The number of hydrogen-bond donors (Lipinski definition) is 2. The minimum Gasteiger partial charge on any atom is -0.494 e. The first-order valence-electron chi connectivity index (χ1n) is 11.0. The molecule has 0 aliphatic carbocycles. The van der Waals surface area contributed by atoms with E-state index >= 15 is 0 Å². The highest BCUT2D eigenvalue weighted by atomic mass is 16.5. The van der Waals surface area contributed by atoms with E-state index in [1.807, 2.05) is 12.1 Å².